The highest BCUT2D eigenvalue weighted by atomic mass is 19.4. The second-order valence-corrected chi connectivity index (χ2v) is 10.6. The molecule has 2 N–H and O–H groups in total. The first-order valence-corrected chi connectivity index (χ1v) is 13.2. The molecule has 1 fully saturated rings. The Morgan fingerprint density at radius 1 is 1.00 bits per heavy atom. The van der Waals surface area contributed by atoms with E-state index in [0.29, 0.717) is 11.3 Å². The van der Waals surface area contributed by atoms with Crippen LogP contribution in [0.1, 0.15) is 11.1 Å². The number of pyridine rings is 1. The zero-order valence-corrected chi connectivity index (χ0v) is 22.3. The monoisotopic (exact) mass is 623 g/mol. The van der Waals surface area contributed by atoms with Gasteiger partial charge >= 0.3 is 24.4 Å². The van der Waals surface area contributed by atoms with Crippen LogP contribution in [0.4, 0.5) is 35.5 Å². The molecule has 1 aromatic carbocycles. The van der Waals surface area contributed by atoms with E-state index < -0.39 is 55.2 Å². The summed E-state index contributed by atoms with van der Waals surface area (Å²) < 4.78 is 105. The molecule has 17 heteroatoms. The van der Waals surface area contributed by atoms with Crippen molar-refractivity contribution in [2.24, 2.45) is 0 Å². The van der Waals surface area contributed by atoms with Crippen LogP contribution in [0.15, 0.2) is 53.7 Å². The van der Waals surface area contributed by atoms with E-state index in [1.54, 1.807) is 33.4 Å². The number of halogens is 7. The Kier molecular flexibility index (Phi) is 5.95. The molecule has 0 atom stereocenters. The van der Waals surface area contributed by atoms with Gasteiger partial charge in [0.2, 0.25) is 0 Å². The van der Waals surface area contributed by atoms with Gasteiger partial charge in [0.05, 0.1) is 34.2 Å². The summed E-state index contributed by atoms with van der Waals surface area (Å²) in [5.41, 5.74) is 0.0916. The van der Waals surface area contributed by atoms with Crippen molar-refractivity contribution in [2.75, 3.05) is 19.6 Å². The van der Waals surface area contributed by atoms with E-state index in [0.717, 1.165) is 17.0 Å². The Labute approximate surface area is 241 Å². The molecule has 0 bridgehead atoms. The van der Waals surface area contributed by atoms with E-state index in [1.807, 2.05) is 0 Å². The second-order valence-electron chi connectivity index (χ2n) is 10.6. The highest BCUT2D eigenvalue weighted by Gasteiger charge is 2.53. The molecule has 1 saturated heterocycles. The fourth-order valence-electron chi connectivity index (χ4n) is 5.91. The number of ether oxygens (including phenoxy) is 1. The SMILES string of the molecule is O=C(N1CCn2cc(-c3c(-c4cnc5ccccn45)[nH][nH]c3=O)c3cc(C(F)(F)F)cc(c32)C1)N1CC(F)(F)OC(F)(F)C1. The third-order valence-electron chi connectivity index (χ3n) is 7.66. The lowest BCUT2D eigenvalue weighted by Crippen LogP contribution is -2.59. The number of urea groups is 1. The average molecular weight is 623 g/mol. The number of nitrogens with zero attached hydrogens (tertiary/aromatic N) is 5. The summed E-state index contributed by atoms with van der Waals surface area (Å²) in [5.74, 6) is 0. The van der Waals surface area contributed by atoms with Crippen LogP contribution in [0.2, 0.25) is 0 Å². The van der Waals surface area contributed by atoms with Crippen LogP contribution in [-0.4, -0.2) is 71.8 Å². The molecule has 0 unspecified atom stereocenters. The summed E-state index contributed by atoms with van der Waals surface area (Å²) in [4.78, 5) is 31.8. The minimum Gasteiger partial charge on any atom is -0.345 e. The molecule has 0 saturated carbocycles. The van der Waals surface area contributed by atoms with Crippen LogP contribution < -0.4 is 5.56 Å². The number of carbonyl (C=O) groups is 1. The predicted octanol–water partition coefficient (Wildman–Crippen LogP) is 5.11. The molecule has 44 heavy (non-hydrogen) atoms. The van der Waals surface area contributed by atoms with E-state index >= 15 is 0 Å². The largest absolute Gasteiger partial charge is 0.416 e. The Morgan fingerprint density at radius 2 is 1.75 bits per heavy atom. The number of nitrogens with one attached hydrogen (secondary N) is 2. The van der Waals surface area contributed by atoms with Crippen molar-refractivity contribution in [3.63, 3.8) is 0 Å². The second kappa shape index (κ2) is 9.35. The summed E-state index contributed by atoms with van der Waals surface area (Å²) in [7, 11) is 0. The third-order valence-corrected chi connectivity index (χ3v) is 7.66. The van der Waals surface area contributed by atoms with Gasteiger partial charge < -0.3 is 14.4 Å². The number of benzene rings is 1. The van der Waals surface area contributed by atoms with Crippen LogP contribution in [0.5, 0.6) is 0 Å². The summed E-state index contributed by atoms with van der Waals surface area (Å²) in [5, 5.41) is 5.34. The average Bonchev–Trinajstić information content (AvgIpc) is 3.59. The van der Waals surface area contributed by atoms with Gasteiger partial charge in [-0.1, -0.05) is 6.07 Å². The standard InChI is InChI=1S/C27H20F7N7O3/c28-25(29)12-40(13-26(30,31)44-25)24(43)39-6-5-38-11-17(16-8-15(27(32,33)34)7-14(10-39)22(16)38)20-21(36-37-23(20)42)18-9-35-19-3-1-2-4-41(18)19/h1-4,7-9,11H,5-6,10,12-13H2,(H2,36,37,42). The molecule has 0 aliphatic carbocycles. The van der Waals surface area contributed by atoms with Gasteiger partial charge in [0.25, 0.3) is 5.56 Å². The van der Waals surface area contributed by atoms with Gasteiger partial charge in [-0.2, -0.15) is 30.7 Å². The molecule has 7 rings (SSSR count). The number of morpholine rings is 1. The van der Waals surface area contributed by atoms with Gasteiger partial charge in [0.1, 0.15) is 18.7 Å². The van der Waals surface area contributed by atoms with Crippen LogP contribution in [-0.2, 0) is 24.0 Å². The number of aromatic nitrogens is 5. The Balaban J connectivity index is 1.35. The fraction of sp³-hybridized carbons (Fsp3) is 0.296. The minimum atomic E-state index is -4.84. The fourth-order valence-corrected chi connectivity index (χ4v) is 5.91. The number of H-pyrrole nitrogens is 2. The molecule has 2 aliphatic rings. The molecule has 10 nitrogen and oxygen atoms in total. The van der Waals surface area contributed by atoms with E-state index in [1.165, 1.54) is 12.4 Å². The van der Waals surface area contributed by atoms with Crippen molar-refractivity contribution in [3.05, 3.63) is 70.4 Å². The zero-order valence-electron chi connectivity index (χ0n) is 22.3. The molecule has 4 aromatic heterocycles. The van der Waals surface area contributed by atoms with Gasteiger partial charge in [0, 0.05) is 43.0 Å². The number of amides is 2. The maximum Gasteiger partial charge on any atom is 0.416 e. The molecule has 6 heterocycles. The lowest BCUT2D eigenvalue weighted by molar-refractivity contribution is -0.400. The highest BCUT2D eigenvalue weighted by molar-refractivity contribution is 6.01. The first-order chi connectivity index (χ1) is 20.7. The van der Waals surface area contributed by atoms with Crippen molar-refractivity contribution >= 4 is 22.6 Å². The third kappa shape index (κ3) is 4.58. The van der Waals surface area contributed by atoms with Crippen molar-refractivity contribution in [2.45, 2.75) is 31.5 Å². The Hall–Kier alpha value is -4.80. The van der Waals surface area contributed by atoms with Crippen LogP contribution >= 0.6 is 0 Å². The van der Waals surface area contributed by atoms with E-state index in [2.05, 4.69) is 19.9 Å². The Morgan fingerprint density at radius 3 is 2.48 bits per heavy atom. The van der Waals surface area contributed by atoms with Crippen molar-refractivity contribution < 1.29 is 40.3 Å². The lowest BCUT2D eigenvalue weighted by Gasteiger charge is -2.39. The number of fused-ring (bicyclic) bond motifs is 1. The number of rotatable bonds is 2. The normalized spacial score (nSPS) is 18.2. The summed E-state index contributed by atoms with van der Waals surface area (Å²) >= 11 is 0. The number of carbonyl (C=O) groups excluding carboxylic acids is 1. The van der Waals surface area contributed by atoms with Gasteiger partial charge in [-0.05, 0) is 29.8 Å². The summed E-state index contributed by atoms with van der Waals surface area (Å²) in [6, 6.07) is 5.76. The van der Waals surface area contributed by atoms with Crippen LogP contribution in [0, 0.1) is 0 Å². The molecule has 2 aliphatic heterocycles. The lowest BCUT2D eigenvalue weighted by atomic mass is 9.99. The number of imidazole rings is 1. The number of alkyl halides is 7. The number of hydrogen-bond donors (Lipinski definition) is 2. The minimum absolute atomic E-state index is 0.0120. The summed E-state index contributed by atoms with van der Waals surface area (Å²) in [6.07, 6.45) is -8.79. The topological polar surface area (TPSA) is 104 Å². The van der Waals surface area contributed by atoms with Crippen LogP contribution in [0.3, 0.4) is 0 Å². The molecule has 0 spiro atoms. The van der Waals surface area contributed by atoms with Crippen molar-refractivity contribution in [3.8, 4) is 22.5 Å². The van der Waals surface area contributed by atoms with Crippen molar-refractivity contribution in [1.29, 1.82) is 0 Å². The molecule has 0 radical (unpaired) electrons. The van der Waals surface area contributed by atoms with E-state index in [4.69, 9.17) is 0 Å². The van der Waals surface area contributed by atoms with Gasteiger partial charge in [-0.3, -0.25) is 24.1 Å². The molecular formula is C27H20F7N7O3. The smallest absolute Gasteiger partial charge is 0.345 e. The number of aromatic amines is 2. The molecule has 230 valence electrons. The maximum atomic E-state index is 14.1. The highest BCUT2D eigenvalue weighted by Crippen LogP contribution is 2.41. The van der Waals surface area contributed by atoms with Crippen molar-refractivity contribution in [1.82, 2.24) is 33.9 Å². The van der Waals surface area contributed by atoms with E-state index in [-0.39, 0.29) is 51.3 Å². The zero-order chi connectivity index (χ0) is 31.2. The number of hydrogen-bond acceptors (Lipinski definition) is 4. The maximum absolute atomic E-state index is 14.1. The van der Waals surface area contributed by atoms with E-state index in [9.17, 15) is 40.3 Å². The molecule has 5 aromatic rings. The predicted molar refractivity (Wildman–Crippen MR) is 140 cm³/mol. The summed E-state index contributed by atoms with van der Waals surface area (Å²) in [6.45, 7) is -3.65. The quantitative estimate of drug-likeness (QED) is 0.267. The van der Waals surface area contributed by atoms with Gasteiger partial charge in [-0.15, -0.1) is 0 Å². The first-order valence-electron chi connectivity index (χ1n) is 13.2. The molecular weight excluding hydrogens is 603 g/mol. The molecule has 2 amide bonds. The van der Waals surface area contributed by atoms with Crippen LogP contribution in [0.25, 0.3) is 39.1 Å². The Bertz CT molecular complexity index is 1990. The van der Waals surface area contributed by atoms with Gasteiger partial charge in [0.15, 0.2) is 0 Å². The first kappa shape index (κ1) is 28.0. The van der Waals surface area contributed by atoms with Gasteiger partial charge in [-0.25, -0.2) is 9.78 Å².